The Morgan fingerprint density at radius 1 is 1.02 bits per heavy atom. The molecule has 0 radical (unpaired) electrons. The standard InChI is InChI=1S/C45H72N2O11/c1-10-20-56-46-35-26-37(49)31(7)40(29(5)24-32-15-17-34(48)18-16-32)57-44(52)36-14-12-13-19-47(36)43(51)42(50)45(53)30(6)25-39(55-9)41(58-45)38(54-8)23-28(4)21-27(3)22-33(35)11-2/h10,22,24,28,30-34,36-41,48-49,53H,1,11-21,23,25-26H2,2-9H3. The van der Waals surface area contributed by atoms with Crippen molar-refractivity contribution >= 4 is 23.4 Å². The Kier molecular flexibility index (Phi) is 18.2. The summed E-state index contributed by atoms with van der Waals surface area (Å²) in [7, 11) is 3.11. The first-order valence-electron chi connectivity index (χ1n) is 21.6. The maximum Gasteiger partial charge on any atom is 0.329 e. The zero-order valence-corrected chi connectivity index (χ0v) is 36.3. The predicted molar refractivity (Wildman–Crippen MR) is 220 cm³/mol. The van der Waals surface area contributed by atoms with E-state index in [2.05, 4.69) is 44.7 Å². The number of ether oxygens (including phenoxy) is 4. The van der Waals surface area contributed by atoms with E-state index in [0.29, 0.717) is 50.7 Å². The summed E-state index contributed by atoms with van der Waals surface area (Å²) >= 11 is 0. The number of hydrogen-bond acceptors (Lipinski definition) is 12. The van der Waals surface area contributed by atoms with Crippen molar-refractivity contribution < 1.29 is 53.5 Å². The zero-order chi connectivity index (χ0) is 42.7. The third-order valence-corrected chi connectivity index (χ3v) is 12.9. The SMILES string of the molecule is C=CCON=C1CC(O)C(C)C(C(C)=CC2CCC(O)CC2)OC(=O)C2CCCCN2C(=O)C(=O)C2(O)OC(C(OC)CC(C)CC(C)=CC1CC)C(OC)CC2C. The van der Waals surface area contributed by atoms with Crippen molar-refractivity contribution in [2.45, 2.75) is 167 Å². The van der Waals surface area contributed by atoms with Crippen LogP contribution in [0.15, 0.2) is 41.1 Å². The molecule has 4 aliphatic rings. The maximum atomic E-state index is 14.4. The van der Waals surface area contributed by atoms with Gasteiger partial charge in [-0.1, -0.05) is 63.2 Å². The molecule has 1 saturated carbocycles. The van der Waals surface area contributed by atoms with Crippen molar-refractivity contribution in [1.29, 1.82) is 0 Å². The average Bonchev–Trinajstić information content (AvgIpc) is 3.21. The monoisotopic (exact) mass is 817 g/mol. The molecular formula is C45H72N2O11. The molecule has 0 spiro atoms. The van der Waals surface area contributed by atoms with Gasteiger partial charge in [-0.2, -0.15) is 0 Å². The second kappa shape index (κ2) is 22.1. The van der Waals surface area contributed by atoms with E-state index in [-0.39, 0.29) is 56.3 Å². The smallest absolute Gasteiger partial charge is 0.329 e. The third kappa shape index (κ3) is 11.9. The molecule has 1 aliphatic carbocycles. The number of cyclic esters (lactones) is 1. The summed E-state index contributed by atoms with van der Waals surface area (Å²) in [4.78, 5) is 49.8. The molecule has 2 saturated heterocycles. The number of carbonyl (C=O) groups excluding carboxylic acids is 3. The molecule has 3 heterocycles. The van der Waals surface area contributed by atoms with E-state index in [0.717, 1.165) is 24.0 Å². The summed E-state index contributed by atoms with van der Waals surface area (Å²) in [6.07, 6.45) is 8.27. The van der Waals surface area contributed by atoms with Gasteiger partial charge in [-0.3, -0.25) is 9.59 Å². The number of aliphatic hydroxyl groups is 3. The van der Waals surface area contributed by atoms with E-state index < -0.39 is 71.8 Å². The first-order valence-corrected chi connectivity index (χ1v) is 21.6. The van der Waals surface area contributed by atoms with Crippen LogP contribution < -0.4 is 0 Å². The zero-order valence-electron chi connectivity index (χ0n) is 36.3. The van der Waals surface area contributed by atoms with Gasteiger partial charge in [0.1, 0.15) is 24.9 Å². The number of allylic oxidation sites excluding steroid dienone is 3. The van der Waals surface area contributed by atoms with E-state index in [9.17, 15) is 29.7 Å². The van der Waals surface area contributed by atoms with Gasteiger partial charge in [-0.25, -0.2) is 4.79 Å². The van der Waals surface area contributed by atoms with Crippen LogP contribution in [0.2, 0.25) is 0 Å². The minimum Gasteiger partial charge on any atom is -0.456 e. The van der Waals surface area contributed by atoms with Gasteiger partial charge in [-0.05, 0) is 102 Å². The number of fused-ring (bicyclic) bond motifs is 3. The number of oxime groups is 1. The molecule has 0 aromatic rings. The van der Waals surface area contributed by atoms with Crippen molar-refractivity contribution in [2.75, 3.05) is 27.4 Å². The van der Waals surface area contributed by atoms with Crippen molar-refractivity contribution in [1.82, 2.24) is 4.90 Å². The molecule has 11 atom stereocenters. The number of amides is 1. The number of ketones is 1. The molecular weight excluding hydrogens is 744 g/mol. The number of piperidine rings is 1. The molecule has 328 valence electrons. The lowest BCUT2D eigenvalue weighted by Crippen LogP contribution is -2.64. The van der Waals surface area contributed by atoms with Crippen molar-refractivity contribution in [3.05, 3.63) is 36.0 Å². The lowest BCUT2D eigenvalue weighted by atomic mass is 9.82. The van der Waals surface area contributed by atoms with Gasteiger partial charge in [0.25, 0.3) is 11.7 Å². The molecule has 2 bridgehead atoms. The van der Waals surface area contributed by atoms with Crippen molar-refractivity contribution in [2.24, 2.45) is 34.7 Å². The summed E-state index contributed by atoms with van der Waals surface area (Å²) in [6.45, 7) is 15.7. The van der Waals surface area contributed by atoms with Crippen LogP contribution in [0.3, 0.4) is 0 Å². The van der Waals surface area contributed by atoms with Crippen LogP contribution in [0.1, 0.15) is 119 Å². The van der Waals surface area contributed by atoms with Crippen LogP contribution in [-0.4, -0.2) is 119 Å². The fourth-order valence-corrected chi connectivity index (χ4v) is 9.41. The van der Waals surface area contributed by atoms with Crippen LogP contribution in [0.5, 0.6) is 0 Å². The van der Waals surface area contributed by atoms with Gasteiger partial charge in [0, 0.05) is 44.9 Å². The van der Waals surface area contributed by atoms with E-state index >= 15 is 0 Å². The molecule has 11 unspecified atom stereocenters. The van der Waals surface area contributed by atoms with Crippen molar-refractivity contribution in [3.63, 3.8) is 0 Å². The van der Waals surface area contributed by atoms with Gasteiger partial charge in [-0.15, -0.1) is 0 Å². The van der Waals surface area contributed by atoms with Crippen LogP contribution >= 0.6 is 0 Å². The maximum absolute atomic E-state index is 14.4. The Hall–Kier alpha value is -2.94. The number of hydrogen-bond donors (Lipinski definition) is 3. The highest BCUT2D eigenvalue weighted by molar-refractivity contribution is 6.39. The molecule has 3 aliphatic heterocycles. The lowest BCUT2D eigenvalue weighted by molar-refractivity contribution is -0.302. The molecule has 13 nitrogen and oxygen atoms in total. The Morgan fingerprint density at radius 3 is 2.33 bits per heavy atom. The number of rotatable bonds is 8. The highest BCUT2D eigenvalue weighted by atomic mass is 16.7. The minimum absolute atomic E-state index is 0.0712. The molecule has 1 amide bonds. The summed E-state index contributed by atoms with van der Waals surface area (Å²) in [5.41, 5.74) is 2.50. The number of esters is 1. The Morgan fingerprint density at radius 2 is 1.69 bits per heavy atom. The molecule has 4 rings (SSSR count). The van der Waals surface area contributed by atoms with E-state index in [1.807, 2.05) is 13.8 Å². The van der Waals surface area contributed by atoms with Gasteiger partial charge in [0.2, 0.25) is 5.79 Å². The number of methoxy groups -OCH3 is 2. The summed E-state index contributed by atoms with van der Waals surface area (Å²) in [5.74, 6) is -6.68. The Labute approximate surface area is 346 Å². The number of nitrogens with zero attached hydrogens (tertiary/aromatic N) is 2. The van der Waals surface area contributed by atoms with Gasteiger partial charge in [0.15, 0.2) is 0 Å². The number of Topliss-reactive ketones (excluding diaryl/α,β-unsaturated/α-hetero) is 1. The summed E-state index contributed by atoms with van der Waals surface area (Å²) in [5, 5.41) is 38.8. The van der Waals surface area contributed by atoms with Gasteiger partial charge in [0.05, 0.1) is 30.1 Å². The van der Waals surface area contributed by atoms with Gasteiger partial charge < -0.3 is 44.0 Å². The van der Waals surface area contributed by atoms with E-state index in [1.54, 1.807) is 27.2 Å². The van der Waals surface area contributed by atoms with E-state index in [1.165, 1.54) is 4.90 Å². The molecule has 3 N–H and O–H groups in total. The second-order valence-electron chi connectivity index (χ2n) is 17.5. The highest BCUT2D eigenvalue weighted by Crippen LogP contribution is 2.39. The molecule has 0 aromatic carbocycles. The van der Waals surface area contributed by atoms with Gasteiger partial charge >= 0.3 is 5.97 Å². The largest absolute Gasteiger partial charge is 0.456 e. The predicted octanol–water partition coefficient (Wildman–Crippen LogP) is 5.84. The lowest BCUT2D eigenvalue weighted by Gasteiger charge is -2.47. The number of aliphatic hydroxyl groups excluding tert-OH is 2. The third-order valence-electron chi connectivity index (χ3n) is 12.9. The highest BCUT2D eigenvalue weighted by Gasteiger charge is 2.56. The van der Waals surface area contributed by atoms with E-state index in [4.69, 9.17) is 23.8 Å². The Bertz CT molecular complexity index is 1490. The topological polar surface area (TPSA) is 174 Å². The van der Waals surface area contributed by atoms with Crippen LogP contribution in [0.25, 0.3) is 0 Å². The molecule has 0 aromatic heterocycles. The first kappa shape index (κ1) is 47.7. The summed E-state index contributed by atoms with van der Waals surface area (Å²) < 4.78 is 24.5. The first-order chi connectivity index (χ1) is 27.6. The fraction of sp³-hybridized carbons (Fsp3) is 0.778. The normalized spacial score (nSPS) is 38.9. The van der Waals surface area contributed by atoms with Crippen LogP contribution in [0, 0.1) is 29.6 Å². The number of carbonyl (C=O) groups is 3. The van der Waals surface area contributed by atoms with Crippen molar-refractivity contribution in [3.8, 4) is 0 Å². The van der Waals surface area contributed by atoms with Crippen LogP contribution in [0.4, 0.5) is 0 Å². The summed E-state index contributed by atoms with van der Waals surface area (Å²) in [6, 6.07) is -1.09. The minimum atomic E-state index is -2.48. The Balaban J connectivity index is 1.81. The average molecular weight is 817 g/mol. The quantitative estimate of drug-likeness (QED) is 0.0884. The fourth-order valence-electron chi connectivity index (χ4n) is 9.41. The molecule has 58 heavy (non-hydrogen) atoms. The second-order valence-corrected chi connectivity index (χ2v) is 17.5. The molecule has 3 fully saturated rings. The molecule has 13 heteroatoms. The van der Waals surface area contributed by atoms with Crippen LogP contribution in [-0.2, 0) is 38.2 Å².